The molecular weight excluding hydrogens is 318 g/mol. The third-order valence-electron chi connectivity index (χ3n) is 4.82. The van der Waals surface area contributed by atoms with Crippen LogP contribution in [0.4, 0.5) is 4.79 Å². The van der Waals surface area contributed by atoms with Crippen molar-refractivity contribution in [3.63, 3.8) is 0 Å². The van der Waals surface area contributed by atoms with Crippen molar-refractivity contribution in [2.75, 3.05) is 26.2 Å². The highest BCUT2D eigenvalue weighted by atomic mass is 16.5. The summed E-state index contributed by atoms with van der Waals surface area (Å²) >= 11 is 0. The van der Waals surface area contributed by atoms with E-state index in [1.807, 2.05) is 23.1 Å². The molecule has 2 heterocycles. The minimum atomic E-state index is -0.0974. The minimum absolute atomic E-state index is 0.0419. The number of para-hydroxylation sites is 1. The van der Waals surface area contributed by atoms with Crippen LogP contribution in [0.25, 0.3) is 0 Å². The topological polar surface area (TPSA) is 61.9 Å². The smallest absolute Gasteiger partial charge is 0.317 e. The van der Waals surface area contributed by atoms with Crippen molar-refractivity contribution in [2.24, 2.45) is 0 Å². The van der Waals surface area contributed by atoms with Crippen molar-refractivity contribution < 1.29 is 14.3 Å². The average molecular weight is 345 g/mol. The largest absolute Gasteiger partial charge is 0.486 e. The van der Waals surface area contributed by atoms with Crippen LogP contribution in [0.15, 0.2) is 24.3 Å². The highest BCUT2D eigenvalue weighted by Crippen LogP contribution is 2.23. The number of likely N-dealkylation sites (tertiary alicyclic amines) is 2. The fraction of sp³-hybridized carbons (Fsp3) is 0.579. The van der Waals surface area contributed by atoms with Gasteiger partial charge in [0.2, 0.25) is 5.91 Å². The molecule has 6 heteroatoms. The van der Waals surface area contributed by atoms with E-state index in [1.165, 1.54) is 5.56 Å². The number of hydrogen-bond acceptors (Lipinski definition) is 3. The molecule has 3 amide bonds. The lowest BCUT2D eigenvalue weighted by Crippen LogP contribution is -2.60. The zero-order valence-electron chi connectivity index (χ0n) is 15.0. The molecule has 2 fully saturated rings. The monoisotopic (exact) mass is 345 g/mol. The van der Waals surface area contributed by atoms with Gasteiger partial charge in [-0.25, -0.2) is 4.79 Å². The quantitative estimate of drug-likeness (QED) is 0.858. The number of hydrogen-bond donors (Lipinski definition) is 1. The van der Waals surface area contributed by atoms with Crippen LogP contribution in [-0.2, 0) is 11.2 Å². The Balaban J connectivity index is 1.43. The standard InChI is InChI=1S/C19H27N3O3/c1-3-9-21-11-15(10-18(21)23)20-19(24)22-12-16(13-22)25-17-8-6-5-7-14(17)4-2/h5-8,15-16H,3-4,9-13H2,1-2H3,(H,20,24)/t15-/m0/s1. The number of nitrogens with zero attached hydrogens (tertiary/aromatic N) is 2. The second-order valence-corrected chi connectivity index (χ2v) is 6.80. The Kier molecular flexibility index (Phi) is 5.46. The molecule has 2 saturated heterocycles. The third-order valence-corrected chi connectivity index (χ3v) is 4.82. The van der Waals surface area contributed by atoms with Crippen molar-refractivity contribution in [1.29, 1.82) is 0 Å². The van der Waals surface area contributed by atoms with Gasteiger partial charge >= 0.3 is 6.03 Å². The summed E-state index contributed by atoms with van der Waals surface area (Å²) in [6.45, 7) is 6.72. The van der Waals surface area contributed by atoms with E-state index in [0.29, 0.717) is 26.1 Å². The fourth-order valence-electron chi connectivity index (χ4n) is 3.39. The maximum Gasteiger partial charge on any atom is 0.317 e. The normalized spacial score (nSPS) is 20.6. The van der Waals surface area contributed by atoms with Gasteiger partial charge in [0.15, 0.2) is 0 Å². The number of carbonyl (C=O) groups excluding carboxylic acids is 2. The van der Waals surface area contributed by atoms with Gasteiger partial charge in [-0.15, -0.1) is 0 Å². The van der Waals surface area contributed by atoms with Crippen molar-refractivity contribution in [3.8, 4) is 5.75 Å². The maximum absolute atomic E-state index is 12.3. The number of benzene rings is 1. The molecule has 1 N–H and O–H groups in total. The van der Waals surface area contributed by atoms with Gasteiger partial charge in [-0.2, -0.15) is 0 Å². The van der Waals surface area contributed by atoms with E-state index in [-0.39, 0.29) is 24.1 Å². The molecule has 0 spiro atoms. The molecular formula is C19H27N3O3. The van der Waals surface area contributed by atoms with Crippen LogP contribution in [0, 0.1) is 0 Å². The van der Waals surface area contributed by atoms with Crippen LogP contribution in [0.5, 0.6) is 5.75 Å². The third kappa shape index (κ3) is 4.06. The molecule has 1 aromatic rings. The lowest BCUT2D eigenvalue weighted by molar-refractivity contribution is -0.127. The summed E-state index contributed by atoms with van der Waals surface area (Å²) < 4.78 is 6.00. The number of carbonyl (C=O) groups is 2. The van der Waals surface area contributed by atoms with Crippen LogP contribution in [-0.4, -0.2) is 60.1 Å². The van der Waals surface area contributed by atoms with Crippen molar-refractivity contribution in [3.05, 3.63) is 29.8 Å². The van der Waals surface area contributed by atoms with E-state index in [9.17, 15) is 9.59 Å². The molecule has 0 unspecified atom stereocenters. The zero-order chi connectivity index (χ0) is 17.8. The first-order valence-corrected chi connectivity index (χ1v) is 9.18. The Bertz CT molecular complexity index is 628. The number of rotatable bonds is 6. The van der Waals surface area contributed by atoms with Gasteiger partial charge < -0.3 is 19.9 Å². The first-order chi connectivity index (χ1) is 12.1. The van der Waals surface area contributed by atoms with Crippen LogP contribution in [0.3, 0.4) is 0 Å². The van der Waals surface area contributed by atoms with Crippen molar-refractivity contribution in [1.82, 2.24) is 15.1 Å². The number of urea groups is 1. The molecule has 0 bridgehead atoms. The molecule has 0 aliphatic carbocycles. The lowest BCUT2D eigenvalue weighted by atomic mass is 10.1. The van der Waals surface area contributed by atoms with Gasteiger partial charge in [-0.3, -0.25) is 4.79 Å². The average Bonchev–Trinajstić information content (AvgIpc) is 2.90. The summed E-state index contributed by atoms with van der Waals surface area (Å²) in [6.07, 6.45) is 2.32. The number of aryl methyl sites for hydroxylation is 1. The minimum Gasteiger partial charge on any atom is -0.486 e. The molecule has 1 aromatic carbocycles. The Morgan fingerprint density at radius 2 is 2.00 bits per heavy atom. The van der Waals surface area contributed by atoms with Gasteiger partial charge in [0.1, 0.15) is 11.9 Å². The van der Waals surface area contributed by atoms with Gasteiger partial charge in [-0.1, -0.05) is 32.0 Å². The predicted molar refractivity (Wildman–Crippen MR) is 95.6 cm³/mol. The first-order valence-electron chi connectivity index (χ1n) is 9.18. The van der Waals surface area contributed by atoms with Crippen LogP contribution >= 0.6 is 0 Å². The Labute approximate surface area is 149 Å². The van der Waals surface area contributed by atoms with Crippen molar-refractivity contribution in [2.45, 2.75) is 45.3 Å². The summed E-state index contributed by atoms with van der Waals surface area (Å²) in [5, 5.41) is 2.98. The van der Waals surface area contributed by atoms with Gasteiger partial charge in [0.05, 0.1) is 19.1 Å². The van der Waals surface area contributed by atoms with Gasteiger partial charge in [0.25, 0.3) is 0 Å². The molecule has 0 radical (unpaired) electrons. The highest BCUT2D eigenvalue weighted by Gasteiger charge is 2.36. The van der Waals surface area contributed by atoms with Crippen LogP contribution in [0.1, 0.15) is 32.3 Å². The number of nitrogens with one attached hydrogen (secondary N) is 1. The number of amides is 3. The summed E-state index contributed by atoms with van der Waals surface area (Å²) in [4.78, 5) is 27.7. The summed E-state index contributed by atoms with van der Waals surface area (Å²) in [5.41, 5.74) is 1.19. The fourth-order valence-corrected chi connectivity index (χ4v) is 3.39. The van der Waals surface area contributed by atoms with E-state index in [2.05, 4.69) is 25.2 Å². The molecule has 0 aromatic heterocycles. The molecule has 2 aliphatic heterocycles. The van der Waals surface area contributed by atoms with Crippen LogP contribution in [0.2, 0.25) is 0 Å². The molecule has 3 rings (SSSR count). The number of ether oxygens (including phenoxy) is 1. The molecule has 25 heavy (non-hydrogen) atoms. The van der Waals surface area contributed by atoms with Gasteiger partial charge in [0, 0.05) is 19.5 Å². The van der Waals surface area contributed by atoms with E-state index >= 15 is 0 Å². The van der Waals surface area contributed by atoms with Crippen molar-refractivity contribution >= 4 is 11.9 Å². The molecule has 2 aliphatic rings. The summed E-state index contributed by atoms with van der Waals surface area (Å²) in [7, 11) is 0. The molecule has 6 nitrogen and oxygen atoms in total. The van der Waals surface area contributed by atoms with Gasteiger partial charge in [-0.05, 0) is 24.5 Å². The first kappa shape index (κ1) is 17.6. The second-order valence-electron chi connectivity index (χ2n) is 6.80. The highest BCUT2D eigenvalue weighted by molar-refractivity contribution is 5.82. The molecule has 0 saturated carbocycles. The SMILES string of the molecule is CCCN1C[C@@H](NC(=O)N2CC(Oc3ccccc3CC)C2)CC1=O. The zero-order valence-corrected chi connectivity index (χ0v) is 15.0. The Morgan fingerprint density at radius 3 is 2.72 bits per heavy atom. The Morgan fingerprint density at radius 1 is 1.24 bits per heavy atom. The van der Waals surface area contributed by atoms with Crippen LogP contribution < -0.4 is 10.1 Å². The summed E-state index contributed by atoms with van der Waals surface area (Å²) in [6, 6.07) is 7.85. The molecule has 136 valence electrons. The maximum atomic E-state index is 12.3. The van der Waals surface area contributed by atoms with E-state index in [1.54, 1.807) is 4.90 Å². The summed E-state index contributed by atoms with van der Waals surface area (Å²) in [5.74, 6) is 1.04. The van der Waals surface area contributed by atoms with E-state index in [4.69, 9.17) is 4.74 Å². The van der Waals surface area contributed by atoms with E-state index in [0.717, 1.165) is 25.1 Å². The lowest BCUT2D eigenvalue weighted by Gasteiger charge is -2.39. The van der Waals surface area contributed by atoms with E-state index < -0.39 is 0 Å². The molecule has 1 atom stereocenters. The predicted octanol–water partition coefficient (Wildman–Crippen LogP) is 2.03. The second kappa shape index (κ2) is 7.76. The Hall–Kier alpha value is -2.24.